The van der Waals surface area contributed by atoms with E-state index >= 15 is 0 Å². The highest BCUT2D eigenvalue weighted by molar-refractivity contribution is 5.27. The maximum absolute atomic E-state index is 6.54. The molecule has 0 amide bonds. The third-order valence-corrected chi connectivity index (χ3v) is 3.55. The summed E-state index contributed by atoms with van der Waals surface area (Å²) in [5.74, 6) is 0. The number of nitrogens with one attached hydrogen (secondary N) is 1. The van der Waals surface area contributed by atoms with Crippen LogP contribution < -0.4 is 11.1 Å². The normalized spacial score (nSPS) is 14.7. The minimum absolute atomic E-state index is 0.0593. The Bertz CT molecular complexity index is 528. The highest BCUT2D eigenvalue weighted by Crippen LogP contribution is 2.27. The molecule has 2 nitrogen and oxygen atoms in total. The van der Waals surface area contributed by atoms with Gasteiger partial charge in [0.05, 0.1) is 6.04 Å². The Morgan fingerprint density at radius 3 is 1.81 bits per heavy atom. The maximum Gasteiger partial charge on any atom is 0.0516 e. The number of hydrogen-bond donors (Lipinski definition) is 2. The van der Waals surface area contributed by atoms with Gasteiger partial charge in [0.1, 0.15) is 0 Å². The molecule has 0 radical (unpaired) electrons. The van der Waals surface area contributed by atoms with Crippen LogP contribution in [-0.2, 0) is 0 Å². The van der Waals surface area contributed by atoms with E-state index in [0.29, 0.717) is 0 Å². The monoisotopic (exact) mass is 282 g/mol. The third-order valence-electron chi connectivity index (χ3n) is 3.55. The smallest absolute Gasteiger partial charge is 0.0516 e. The van der Waals surface area contributed by atoms with E-state index in [1.54, 1.807) is 0 Å². The second-order valence-electron chi connectivity index (χ2n) is 6.77. The molecule has 2 heteroatoms. The van der Waals surface area contributed by atoms with Crippen LogP contribution in [0.3, 0.4) is 0 Å². The van der Waals surface area contributed by atoms with Gasteiger partial charge >= 0.3 is 0 Å². The predicted molar refractivity (Wildman–Crippen MR) is 90.0 cm³/mol. The Morgan fingerprint density at radius 1 is 0.857 bits per heavy atom. The summed E-state index contributed by atoms with van der Waals surface area (Å²) in [6, 6.07) is 20.8. The van der Waals surface area contributed by atoms with Crippen molar-refractivity contribution < 1.29 is 0 Å². The van der Waals surface area contributed by atoms with Gasteiger partial charge in [-0.1, -0.05) is 81.4 Å². The Kier molecular flexibility index (Phi) is 5.16. The van der Waals surface area contributed by atoms with Crippen molar-refractivity contribution in [2.24, 2.45) is 11.1 Å². The summed E-state index contributed by atoms with van der Waals surface area (Å²) in [6.07, 6.45) is 0. The lowest BCUT2D eigenvalue weighted by atomic mass is 9.91. The van der Waals surface area contributed by atoms with Gasteiger partial charge in [-0.3, -0.25) is 0 Å². The minimum atomic E-state index is -0.0593. The number of benzene rings is 2. The molecule has 2 rings (SSSR count). The van der Waals surface area contributed by atoms with Crippen molar-refractivity contribution in [1.29, 1.82) is 0 Å². The molecular weight excluding hydrogens is 256 g/mol. The van der Waals surface area contributed by atoms with E-state index in [9.17, 15) is 0 Å². The Balaban J connectivity index is 2.23. The van der Waals surface area contributed by atoms with E-state index in [1.165, 1.54) is 5.56 Å². The quantitative estimate of drug-likeness (QED) is 0.867. The van der Waals surface area contributed by atoms with Gasteiger partial charge < -0.3 is 11.1 Å². The summed E-state index contributed by atoms with van der Waals surface area (Å²) in [7, 11) is 0. The predicted octanol–water partition coefficient (Wildman–Crippen LogP) is 4.06. The van der Waals surface area contributed by atoms with Crippen molar-refractivity contribution in [3.63, 3.8) is 0 Å². The molecule has 0 unspecified atom stereocenters. The van der Waals surface area contributed by atoms with Gasteiger partial charge in [0, 0.05) is 12.6 Å². The average molecular weight is 282 g/mol. The van der Waals surface area contributed by atoms with Crippen LogP contribution in [-0.4, -0.2) is 6.54 Å². The van der Waals surface area contributed by atoms with Gasteiger partial charge in [0.2, 0.25) is 0 Å². The zero-order valence-corrected chi connectivity index (χ0v) is 13.2. The molecule has 0 aromatic heterocycles. The molecule has 0 spiro atoms. The van der Waals surface area contributed by atoms with E-state index in [-0.39, 0.29) is 17.5 Å². The fraction of sp³-hybridized carbons (Fsp3) is 0.368. The summed E-state index contributed by atoms with van der Waals surface area (Å²) in [5.41, 5.74) is 9.16. The van der Waals surface area contributed by atoms with E-state index in [4.69, 9.17) is 5.73 Å². The molecule has 3 N–H and O–H groups in total. The highest BCUT2D eigenvalue weighted by Gasteiger charge is 2.22. The van der Waals surface area contributed by atoms with Crippen LogP contribution in [0.25, 0.3) is 0 Å². The van der Waals surface area contributed by atoms with Crippen molar-refractivity contribution in [2.45, 2.75) is 32.9 Å². The van der Waals surface area contributed by atoms with Crippen LogP contribution >= 0.6 is 0 Å². The van der Waals surface area contributed by atoms with Crippen LogP contribution in [0.15, 0.2) is 60.7 Å². The molecule has 0 aliphatic carbocycles. The molecule has 21 heavy (non-hydrogen) atoms. The molecule has 0 saturated heterocycles. The molecule has 2 atom stereocenters. The molecule has 112 valence electrons. The van der Waals surface area contributed by atoms with Gasteiger partial charge in [-0.2, -0.15) is 0 Å². The van der Waals surface area contributed by atoms with Gasteiger partial charge in [-0.05, 0) is 16.5 Å². The van der Waals surface area contributed by atoms with E-state index in [2.05, 4.69) is 62.5 Å². The van der Waals surface area contributed by atoms with Crippen LogP contribution in [0.2, 0.25) is 0 Å². The topological polar surface area (TPSA) is 38.0 Å². The first kappa shape index (κ1) is 15.7. The molecule has 0 saturated carbocycles. The molecule has 0 heterocycles. The van der Waals surface area contributed by atoms with Gasteiger partial charge in [0.25, 0.3) is 0 Å². The molecule has 0 bridgehead atoms. The van der Waals surface area contributed by atoms with Gasteiger partial charge in [-0.25, -0.2) is 0 Å². The Hall–Kier alpha value is -1.64. The van der Waals surface area contributed by atoms with Crippen LogP contribution in [0.1, 0.15) is 44.0 Å². The summed E-state index contributed by atoms with van der Waals surface area (Å²) in [6.45, 7) is 7.62. The molecule has 0 aliphatic heterocycles. The van der Waals surface area contributed by atoms with Gasteiger partial charge in [-0.15, -0.1) is 0 Å². The maximum atomic E-state index is 6.54. The first-order chi connectivity index (χ1) is 9.97. The lowest BCUT2D eigenvalue weighted by Crippen LogP contribution is -2.36. The lowest BCUT2D eigenvalue weighted by molar-refractivity contribution is 0.333. The van der Waals surface area contributed by atoms with Gasteiger partial charge in [0.15, 0.2) is 0 Å². The second kappa shape index (κ2) is 6.88. The zero-order chi connectivity index (χ0) is 15.3. The fourth-order valence-electron chi connectivity index (χ4n) is 2.40. The van der Waals surface area contributed by atoms with E-state index in [0.717, 1.165) is 12.1 Å². The van der Waals surface area contributed by atoms with E-state index in [1.807, 2.05) is 24.3 Å². The zero-order valence-electron chi connectivity index (χ0n) is 13.2. The summed E-state index contributed by atoms with van der Waals surface area (Å²) in [5, 5.41) is 3.65. The Morgan fingerprint density at radius 2 is 1.33 bits per heavy atom. The van der Waals surface area contributed by atoms with Crippen LogP contribution in [0.4, 0.5) is 0 Å². The first-order valence-corrected chi connectivity index (χ1v) is 7.56. The van der Waals surface area contributed by atoms with Crippen molar-refractivity contribution in [1.82, 2.24) is 5.32 Å². The second-order valence-corrected chi connectivity index (χ2v) is 6.77. The summed E-state index contributed by atoms with van der Waals surface area (Å²) >= 11 is 0. The number of rotatable bonds is 5. The molecule has 2 aromatic rings. The van der Waals surface area contributed by atoms with Crippen molar-refractivity contribution in [3.8, 4) is 0 Å². The van der Waals surface area contributed by atoms with E-state index < -0.39 is 0 Å². The number of nitrogens with two attached hydrogens (primary N) is 1. The molecule has 2 aromatic carbocycles. The van der Waals surface area contributed by atoms with Crippen molar-refractivity contribution in [2.75, 3.05) is 6.54 Å². The standard InChI is InChI=1S/C19H26N2/c1-19(2,3)14-21-18(16-12-8-5-9-13-16)17(20)15-10-6-4-7-11-15/h4-13,17-18,21H,14,20H2,1-3H3/t17-,18-/m0/s1. The van der Waals surface area contributed by atoms with Crippen molar-refractivity contribution in [3.05, 3.63) is 71.8 Å². The number of hydrogen-bond acceptors (Lipinski definition) is 2. The minimum Gasteiger partial charge on any atom is -0.322 e. The van der Waals surface area contributed by atoms with Crippen LogP contribution in [0.5, 0.6) is 0 Å². The molecular formula is C19H26N2. The van der Waals surface area contributed by atoms with Crippen molar-refractivity contribution >= 4 is 0 Å². The lowest BCUT2D eigenvalue weighted by Gasteiger charge is -2.29. The largest absolute Gasteiger partial charge is 0.322 e. The van der Waals surface area contributed by atoms with Crippen LogP contribution in [0, 0.1) is 5.41 Å². The average Bonchev–Trinajstić information content (AvgIpc) is 2.48. The third kappa shape index (κ3) is 4.69. The molecule has 0 aliphatic rings. The first-order valence-electron chi connectivity index (χ1n) is 7.56. The summed E-state index contributed by atoms with van der Waals surface area (Å²) < 4.78 is 0. The summed E-state index contributed by atoms with van der Waals surface area (Å²) in [4.78, 5) is 0. The highest BCUT2D eigenvalue weighted by atomic mass is 15.0. The Labute approximate surface area is 128 Å². The molecule has 0 fully saturated rings. The SMILES string of the molecule is CC(C)(C)CN[C@@H](c1ccccc1)[C@@H](N)c1ccccc1. The fourth-order valence-corrected chi connectivity index (χ4v) is 2.40.